The number of nitrogens with one attached hydrogen (secondary N) is 1. The number of carbonyl (C=O) groups is 1. The van der Waals surface area contributed by atoms with Gasteiger partial charge in [-0.25, -0.2) is 9.67 Å². The molecule has 0 aliphatic carbocycles. The quantitative estimate of drug-likeness (QED) is 0.847. The third-order valence-corrected chi connectivity index (χ3v) is 3.80. The lowest BCUT2D eigenvalue weighted by Crippen LogP contribution is -2.27. The fourth-order valence-corrected chi connectivity index (χ4v) is 2.73. The smallest absolute Gasteiger partial charge is 0.252 e. The number of amides is 1. The lowest BCUT2D eigenvalue weighted by atomic mass is 10.1. The highest BCUT2D eigenvalue weighted by Crippen LogP contribution is 2.35. The second-order valence-electron chi connectivity index (χ2n) is 5.79. The Morgan fingerprint density at radius 3 is 3.12 bits per heavy atom. The number of fused-ring (bicyclic) bond motifs is 1. The maximum atomic E-state index is 12.1. The Morgan fingerprint density at radius 1 is 1.56 bits per heavy atom. The third-order valence-electron chi connectivity index (χ3n) is 3.80. The molecule has 3 rings (SSSR count). The summed E-state index contributed by atoms with van der Waals surface area (Å²) in [5.74, 6) is 1.41. The Hall–Kier alpha value is -3.08. The highest BCUT2D eigenvalue weighted by atomic mass is 16.5. The molecule has 1 aromatic heterocycles. The highest BCUT2D eigenvalue weighted by molar-refractivity contribution is 5.75. The molecule has 1 aromatic carbocycles. The molecule has 0 unspecified atom stereocenters. The van der Waals surface area contributed by atoms with Crippen LogP contribution in [0.4, 0.5) is 0 Å². The molecular formula is C17H19N5O3. The summed E-state index contributed by atoms with van der Waals surface area (Å²) in [6.45, 7) is 4.81. The van der Waals surface area contributed by atoms with E-state index in [9.17, 15) is 4.79 Å². The Bertz CT molecular complexity index is 824. The lowest BCUT2D eigenvalue weighted by Gasteiger charge is -2.13. The molecule has 8 nitrogen and oxygen atoms in total. The number of benzene rings is 1. The Labute approximate surface area is 145 Å². The van der Waals surface area contributed by atoms with E-state index in [1.54, 1.807) is 0 Å². The van der Waals surface area contributed by atoms with Gasteiger partial charge in [-0.3, -0.25) is 4.79 Å². The van der Waals surface area contributed by atoms with Crippen molar-refractivity contribution in [2.45, 2.75) is 39.5 Å². The average molecular weight is 341 g/mol. The number of hydrogen-bond acceptors (Lipinski definition) is 6. The molecule has 130 valence electrons. The topological polar surface area (TPSA) is 102 Å². The summed E-state index contributed by atoms with van der Waals surface area (Å²) in [5.41, 5.74) is 1.98. The Morgan fingerprint density at radius 2 is 2.40 bits per heavy atom. The predicted molar refractivity (Wildman–Crippen MR) is 88.0 cm³/mol. The van der Waals surface area contributed by atoms with Crippen molar-refractivity contribution in [3.8, 4) is 17.6 Å². The average Bonchev–Trinajstić information content (AvgIpc) is 3.17. The largest absolute Gasteiger partial charge is 0.494 e. The van der Waals surface area contributed by atoms with Crippen molar-refractivity contribution in [3.63, 3.8) is 0 Å². The minimum Gasteiger partial charge on any atom is -0.494 e. The normalized spacial score (nSPS) is 15.2. The minimum absolute atomic E-state index is 0.00285. The summed E-state index contributed by atoms with van der Waals surface area (Å²) in [4.78, 5) is 15.8. The van der Waals surface area contributed by atoms with Gasteiger partial charge in [0.2, 0.25) is 5.91 Å². The van der Waals surface area contributed by atoms with Crippen LogP contribution in [-0.4, -0.2) is 33.4 Å². The van der Waals surface area contributed by atoms with Crippen LogP contribution in [0.3, 0.4) is 0 Å². The first kappa shape index (κ1) is 16.8. The van der Waals surface area contributed by atoms with E-state index in [0.717, 1.165) is 29.0 Å². The molecule has 0 spiro atoms. The number of aromatic nitrogens is 3. The van der Waals surface area contributed by atoms with Crippen molar-refractivity contribution >= 4 is 5.91 Å². The van der Waals surface area contributed by atoms with E-state index in [0.29, 0.717) is 13.2 Å². The molecule has 1 N–H and O–H groups in total. The maximum absolute atomic E-state index is 12.1. The van der Waals surface area contributed by atoms with Crippen molar-refractivity contribution in [1.82, 2.24) is 20.1 Å². The van der Waals surface area contributed by atoms with Gasteiger partial charge in [0.05, 0.1) is 6.61 Å². The van der Waals surface area contributed by atoms with E-state index in [-0.39, 0.29) is 24.4 Å². The van der Waals surface area contributed by atoms with Crippen molar-refractivity contribution < 1.29 is 14.3 Å². The van der Waals surface area contributed by atoms with Gasteiger partial charge in [-0.05, 0) is 26.0 Å². The first-order valence-corrected chi connectivity index (χ1v) is 8.10. The molecule has 2 aromatic rings. The van der Waals surface area contributed by atoms with Gasteiger partial charge in [0.25, 0.3) is 5.82 Å². The first-order valence-electron chi connectivity index (χ1n) is 8.10. The van der Waals surface area contributed by atoms with Crippen LogP contribution in [0.25, 0.3) is 0 Å². The van der Waals surface area contributed by atoms with Crippen LogP contribution in [0, 0.1) is 11.3 Å². The van der Waals surface area contributed by atoms with E-state index in [4.69, 9.17) is 14.7 Å². The summed E-state index contributed by atoms with van der Waals surface area (Å²) in [6, 6.07) is 5.73. The SMILES string of the molecule is CCOc1cc2c(cc1CNC(=O)Cn1cnc(C#N)n1)O[C@H](C)C2. The van der Waals surface area contributed by atoms with Gasteiger partial charge in [0, 0.05) is 24.1 Å². The van der Waals surface area contributed by atoms with Crippen molar-refractivity contribution in [3.05, 3.63) is 35.4 Å². The molecular weight excluding hydrogens is 322 g/mol. The molecule has 0 saturated heterocycles. The third kappa shape index (κ3) is 3.88. The standard InChI is InChI=1S/C17H19N5O3/c1-3-24-14-5-12-4-11(2)25-15(12)6-13(14)8-19-17(23)9-22-10-20-16(7-18)21-22/h5-6,10-11H,3-4,8-9H2,1-2H3,(H,19,23)/t11-/m1/s1. The molecule has 0 fully saturated rings. The van der Waals surface area contributed by atoms with Crippen LogP contribution in [0.1, 0.15) is 30.8 Å². The van der Waals surface area contributed by atoms with Crippen LogP contribution in [0.15, 0.2) is 18.5 Å². The summed E-state index contributed by atoms with van der Waals surface area (Å²) >= 11 is 0. The van der Waals surface area contributed by atoms with Gasteiger partial charge in [0.1, 0.15) is 36.5 Å². The molecule has 2 heterocycles. The van der Waals surface area contributed by atoms with Gasteiger partial charge in [-0.1, -0.05) is 0 Å². The van der Waals surface area contributed by atoms with Crippen LogP contribution < -0.4 is 14.8 Å². The number of nitriles is 1. The number of nitrogens with zero attached hydrogens (tertiary/aromatic N) is 4. The van der Waals surface area contributed by atoms with E-state index >= 15 is 0 Å². The van der Waals surface area contributed by atoms with Crippen molar-refractivity contribution in [2.75, 3.05) is 6.61 Å². The van der Waals surface area contributed by atoms with Gasteiger partial charge in [-0.2, -0.15) is 5.26 Å². The summed E-state index contributed by atoms with van der Waals surface area (Å²) in [7, 11) is 0. The molecule has 1 aliphatic rings. The zero-order valence-electron chi connectivity index (χ0n) is 14.2. The van der Waals surface area contributed by atoms with Crippen LogP contribution in [-0.2, 0) is 24.3 Å². The van der Waals surface area contributed by atoms with Crippen LogP contribution in [0.5, 0.6) is 11.5 Å². The van der Waals surface area contributed by atoms with Gasteiger partial charge in [-0.15, -0.1) is 5.10 Å². The van der Waals surface area contributed by atoms with Gasteiger partial charge in [0.15, 0.2) is 0 Å². The summed E-state index contributed by atoms with van der Waals surface area (Å²) < 4.78 is 12.8. The highest BCUT2D eigenvalue weighted by Gasteiger charge is 2.22. The fourth-order valence-electron chi connectivity index (χ4n) is 2.73. The van der Waals surface area contributed by atoms with Gasteiger partial charge < -0.3 is 14.8 Å². The predicted octanol–water partition coefficient (Wildman–Crippen LogP) is 1.19. The van der Waals surface area contributed by atoms with E-state index in [1.165, 1.54) is 11.0 Å². The first-order chi connectivity index (χ1) is 12.1. The van der Waals surface area contributed by atoms with E-state index in [2.05, 4.69) is 15.4 Å². The number of ether oxygens (including phenoxy) is 2. The zero-order valence-corrected chi connectivity index (χ0v) is 14.2. The van der Waals surface area contributed by atoms with Crippen LogP contribution in [0.2, 0.25) is 0 Å². The molecule has 0 bridgehead atoms. The maximum Gasteiger partial charge on any atom is 0.252 e. The monoisotopic (exact) mass is 341 g/mol. The lowest BCUT2D eigenvalue weighted by molar-refractivity contribution is -0.122. The molecule has 1 atom stereocenters. The molecule has 1 aliphatic heterocycles. The summed E-state index contributed by atoms with van der Waals surface area (Å²) in [6.07, 6.45) is 2.36. The summed E-state index contributed by atoms with van der Waals surface area (Å²) in [5, 5.41) is 15.4. The number of carbonyl (C=O) groups excluding carboxylic acids is 1. The minimum atomic E-state index is -0.230. The molecule has 0 saturated carbocycles. The van der Waals surface area contributed by atoms with E-state index in [1.807, 2.05) is 32.0 Å². The Kier molecular flexibility index (Phi) is 4.84. The van der Waals surface area contributed by atoms with Crippen molar-refractivity contribution in [2.24, 2.45) is 0 Å². The molecule has 0 radical (unpaired) electrons. The van der Waals surface area contributed by atoms with Crippen LogP contribution >= 0.6 is 0 Å². The number of rotatable bonds is 6. The van der Waals surface area contributed by atoms with Crippen molar-refractivity contribution in [1.29, 1.82) is 5.26 Å². The molecule has 8 heteroatoms. The zero-order chi connectivity index (χ0) is 17.8. The molecule has 25 heavy (non-hydrogen) atoms. The van der Waals surface area contributed by atoms with Gasteiger partial charge >= 0.3 is 0 Å². The van der Waals surface area contributed by atoms with E-state index < -0.39 is 0 Å². The second kappa shape index (κ2) is 7.21. The number of hydrogen-bond donors (Lipinski definition) is 1. The fraction of sp³-hybridized carbons (Fsp3) is 0.412. The second-order valence-corrected chi connectivity index (χ2v) is 5.79. The Balaban J connectivity index is 1.66. The molecule has 1 amide bonds.